The Morgan fingerprint density at radius 1 is 0.923 bits per heavy atom. The second-order valence-corrected chi connectivity index (χ2v) is 5.83. The minimum atomic E-state index is -1.40. The summed E-state index contributed by atoms with van der Waals surface area (Å²) in [5.74, 6) is -3.02. The number of carboxylic acid groups (broad SMARTS) is 1. The number of hydrogen-bond donors (Lipinski definition) is 2. The molecule has 2 N–H and O–H groups in total. The molecule has 0 aromatic heterocycles. The molecule has 0 fully saturated rings. The molecule has 0 aliphatic carbocycles. The molecule has 0 radical (unpaired) electrons. The average molecular weight is 352 g/mol. The first-order valence-electron chi connectivity index (χ1n) is 8.03. The minimum absolute atomic E-state index is 0.140. The summed E-state index contributed by atoms with van der Waals surface area (Å²) >= 11 is 0. The van der Waals surface area contributed by atoms with Crippen LogP contribution in [0.5, 0.6) is 0 Å². The van der Waals surface area contributed by atoms with E-state index in [2.05, 4.69) is 5.32 Å². The standard InChI is InChI=1S/C19H16N2O5/c22-16(20-12-6-2-1-3-7-12)11-10-15(19(25)26)21-17(23)13-8-4-5-9-14(13)18(21)24/h1-9,15H,10-11H2,(H,20,22)(H,25,26)/t15-/m1/s1. The summed E-state index contributed by atoms with van der Waals surface area (Å²) in [5.41, 5.74) is 0.945. The zero-order valence-electron chi connectivity index (χ0n) is 13.7. The van der Waals surface area contributed by atoms with Crippen molar-refractivity contribution in [2.75, 3.05) is 5.32 Å². The van der Waals surface area contributed by atoms with Gasteiger partial charge in [-0.3, -0.25) is 19.3 Å². The molecule has 0 bridgehead atoms. The molecule has 132 valence electrons. The molecule has 0 unspecified atom stereocenters. The second-order valence-electron chi connectivity index (χ2n) is 5.83. The number of imide groups is 1. The molecule has 3 amide bonds. The van der Waals surface area contributed by atoms with Gasteiger partial charge in [-0.25, -0.2) is 4.79 Å². The number of rotatable bonds is 6. The molecule has 3 rings (SSSR count). The van der Waals surface area contributed by atoms with Crippen LogP contribution in [-0.2, 0) is 9.59 Å². The van der Waals surface area contributed by atoms with Gasteiger partial charge in [0.15, 0.2) is 0 Å². The van der Waals surface area contributed by atoms with E-state index in [9.17, 15) is 24.3 Å². The van der Waals surface area contributed by atoms with Crippen LogP contribution in [0, 0.1) is 0 Å². The van der Waals surface area contributed by atoms with Crippen molar-refractivity contribution < 1.29 is 24.3 Å². The number of aliphatic carboxylic acids is 1. The predicted octanol–water partition coefficient (Wildman–Crippen LogP) is 2.15. The average Bonchev–Trinajstić information content (AvgIpc) is 2.88. The van der Waals surface area contributed by atoms with E-state index in [0.29, 0.717) is 5.69 Å². The van der Waals surface area contributed by atoms with Crippen LogP contribution < -0.4 is 5.32 Å². The summed E-state index contributed by atoms with van der Waals surface area (Å²) in [6.45, 7) is 0. The molecule has 26 heavy (non-hydrogen) atoms. The Labute approximate surface area is 149 Å². The molecule has 1 atom stereocenters. The van der Waals surface area contributed by atoms with Crippen LogP contribution in [0.4, 0.5) is 5.69 Å². The number of carbonyl (C=O) groups excluding carboxylic acids is 3. The SMILES string of the molecule is O=C(CC[C@H](C(=O)O)N1C(=O)c2ccccc2C1=O)Nc1ccccc1. The fourth-order valence-electron chi connectivity index (χ4n) is 2.87. The van der Waals surface area contributed by atoms with Crippen molar-refractivity contribution in [2.45, 2.75) is 18.9 Å². The quantitative estimate of drug-likeness (QED) is 0.775. The molecule has 1 aliphatic rings. The number of anilines is 1. The predicted molar refractivity (Wildman–Crippen MR) is 92.7 cm³/mol. The fraction of sp³-hybridized carbons (Fsp3) is 0.158. The van der Waals surface area contributed by atoms with Crippen molar-refractivity contribution >= 4 is 29.4 Å². The summed E-state index contributed by atoms with van der Waals surface area (Å²) in [6, 6.07) is 13.5. The Bertz CT molecular complexity index is 844. The molecule has 2 aromatic carbocycles. The molecule has 0 saturated heterocycles. The van der Waals surface area contributed by atoms with Gasteiger partial charge in [-0.05, 0) is 30.7 Å². The molecule has 7 nitrogen and oxygen atoms in total. The highest BCUT2D eigenvalue weighted by atomic mass is 16.4. The maximum Gasteiger partial charge on any atom is 0.326 e. The van der Waals surface area contributed by atoms with Gasteiger partial charge in [-0.15, -0.1) is 0 Å². The van der Waals surface area contributed by atoms with E-state index in [0.717, 1.165) is 4.90 Å². The highest BCUT2D eigenvalue weighted by molar-refractivity contribution is 6.22. The topological polar surface area (TPSA) is 104 Å². The Morgan fingerprint density at radius 3 is 2.00 bits per heavy atom. The van der Waals surface area contributed by atoms with Crippen LogP contribution >= 0.6 is 0 Å². The van der Waals surface area contributed by atoms with Crippen molar-refractivity contribution in [3.05, 3.63) is 65.7 Å². The summed E-state index contributed by atoms with van der Waals surface area (Å²) in [5, 5.41) is 12.1. The Kier molecular flexibility index (Phi) is 4.79. The molecule has 1 heterocycles. The number of nitrogens with zero attached hydrogens (tertiary/aromatic N) is 1. The minimum Gasteiger partial charge on any atom is -0.480 e. The van der Waals surface area contributed by atoms with Gasteiger partial charge in [0.2, 0.25) is 5.91 Å². The second kappa shape index (κ2) is 7.18. The van der Waals surface area contributed by atoms with Gasteiger partial charge in [-0.2, -0.15) is 0 Å². The Hall–Kier alpha value is -3.48. The zero-order valence-corrected chi connectivity index (χ0v) is 13.7. The third kappa shape index (κ3) is 3.32. The normalized spacial score (nSPS) is 14.1. The van der Waals surface area contributed by atoms with Crippen LogP contribution in [0.25, 0.3) is 0 Å². The zero-order chi connectivity index (χ0) is 18.7. The van der Waals surface area contributed by atoms with Crippen LogP contribution in [0.3, 0.4) is 0 Å². The number of fused-ring (bicyclic) bond motifs is 1. The van der Waals surface area contributed by atoms with E-state index < -0.39 is 23.8 Å². The van der Waals surface area contributed by atoms with Gasteiger partial charge in [-0.1, -0.05) is 30.3 Å². The maximum absolute atomic E-state index is 12.4. The van der Waals surface area contributed by atoms with E-state index in [1.807, 2.05) is 0 Å². The molecule has 1 aliphatic heterocycles. The fourth-order valence-corrected chi connectivity index (χ4v) is 2.87. The molecule has 7 heteroatoms. The van der Waals surface area contributed by atoms with E-state index in [4.69, 9.17) is 0 Å². The van der Waals surface area contributed by atoms with Gasteiger partial charge >= 0.3 is 5.97 Å². The van der Waals surface area contributed by atoms with Crippen LogP contribution in [0.1, 0.15) is 33.6 Å². The smallest absolute Gasteiger partial charge is 0.326 e. The lowest BCUT2D eigenvalue weighted by Gasteiger charge is -2.22. The molecule has 0 spiro atoms. The number of hydrogen-bond acceptors (Lipinski definition) is 4. The van der Waals surface area contributed by atoms with Crippen molar-refractivity contribution in [1.82, 2.24) is 4.90 Å². The summed E-state index contributed by atoms with van der Waals surface area (Å²) in [4.78, 5) is 49.2. The highest BCUT2D eigenvalue weighted by Crippen LogP contribution is 2.26. The molecule has 2 aromatic rings. The first-order valence-corrected chi connectivity index (χ1v) is 8.03. The monoisotopic (exact) mass is 352 g/mol. The van der Waals surface area contributed by atoms with Crippen LogP contribution in [0.2, 0.25) is 0 Å². The molecular formula is C19H16N2O5. The lowest BCUT2D eigenvalue weighted by molar-refractivity contribution is -0.141. The molecular weight excluding hydrogens is 336 g/mol. The van der Waals surface area contributed by atoms with E-state index in [1.54, 1.807) is 42.5 Å². The number of nitrogens with one attached hydrogen (secondary N) is 1. The van der Waals surface area contributed by atoms with Crippen molar-refractivity contribution in [2.24, 2.45) is 0 Å². The lowest BCUT2D eigenvalue weighted by Crippen LogP contribution is -2.45. The number of carboxylic acids is 1. The third-order valence-electron chi connectivity index (χ3n) is 4.12. The van der Waals surface area contributed by atoms with Crippen LogP contribution in [-0.4, -0.2) is 39.7 Å². The first kappa shape index (κ1) is 17.3. The van der Waals surface area contributed by atoms with E-state index >= 15 is 0 Å². The number of carbonyl (C=O) groups is 4. The number of amides is 3. The van der Waals surface area contributed by atoms with Gasteiger partial charge < -0.3 is 10.4 Å². The maximum atomic E-state index is 12.4. The van der Waals surface area contributed by atoms with Gasteiger partial charge in [0.25, 0.3) is 11.8 Å². The first-order chi connectivity index (χ1) is 12.5. The van der Waals surface area contributed by atoms with Crippen molar-refractivity contribution in [3.63, 3.8) is 0 Å². The number of benzene rings is 2. The highest BCUT2D eigenvalue weighted by Gasteiger charge is 2.42. The van der Waals surface area contributed by atoms with Crippen LogP contribution in [0.15, 0.2) is 54.6 Å². The Morgan fingerprint density at radius 2 is 1.46 bits per heavy atom. The lowest BCUT2D eigenvalue weighted by atomic mass is 10.1. The Balaban J connectivity index is 1.71. The van der Waals surface area contributed by atoms with Crippen molar-refractivity contribution in [1.29, 1.82) is 0 Å². The van der Waals surface area contributed by atoms with Gasteiger partial charge in [0.05, 0.1) is 11.1 Å². The van der Waals surface area contributed by atoms with Gasteiger partial charge in [0, 0.05) is 12.1 Å². The number of para-hydroxylation sites is 1. The summed E-state index contributed by atoms with van der Waals surface area (Å²) < 4.78 is 0. The third-order valence-corrected chi connectivity index (χ3v) is 4.12. The van der Waals surface area contributed by atoms with Crippen molar-refractivity contribution in [3.8, 4) is 0 Å². The van der Waals surface area contributed by atoms with E-state index in [1.165, 1.54) is 12.1 Å². The summed E-state index contributed by atoms with van der Waals surface area (Å²) in [6.07, 6.45) is -0.307. The summed E-state index contributed by atoms with van der Waals surface area (Å²) in [7, 11) is 0. The van der Waals surface area contributed by atoms with Gasteiger partial charge in [0.1, 0.15) is 6.04 Å². The molecule has 0 saturated carbocycles. The largest absolute Gasteiger partial charge is 0.480 e. The van der Waals surface area contributed by atoms with E-state index in [-0.39, 0.29) is 29.9 Å².